The summed E-state index contributed by atoms with van der Waals surface area (Å²) in [5.41, 5.74) is 2.43. The molecule has 0 unspecified atom stereocenters. The van der Waals surface area contributed by atoms with Gasteiger partial charge in [-0.3, -0.25) is 0 Å². The number of rotatable bonds is 2. The summed E-state index contributed by atoms with van der Waals surface area (Å²) < 4.78 is 2.16. The molecule has 0 spiro atoms. The van der Waals surface area contributed by atoms with Gasteiger partial charge in [-0.2, -0.15) is 0 Å². The molecule has 1 saturated carbocycles. The Labute approximate surface area is 79.1 Å². The van der Waals surface area contributed by atoms with E-state index < -0.39 is 0 Å². The van der Waals surface area contributed by atoms with Gasteiger partial charge in [0, 0.05) is 19.0 Å². The Morgan fingerprint density at radius 1 is 1.38 bits per heavy atom. The average Bonchev–Trinajstić information content (AvgIpc) is 2.72. The van der Waals surface area contributed by atoms with Gasteiger partial charge in [-0.15, -0.1) is 0 Å². The summed E-state index contributed by atoms with van der Waals surface area (Å²) in [6.45, 7) is 0. The van der Waals surface area contributed by atoms with Gasteiger partial charge in [0.05, 0.1) is 5.69 Å². The van der Waals surface area contributed by atoms with Gasteiger partial charge in [-0.05, 0) is 30.9 Å². The number of hydrogen-bond donors (Lipinski definition) is 1. The second-order valence-electron chi connectivity index (χ2n) is 3.87. The minimum absolute atomic E-state index is 0.749. The molecule has 1 aromatic rings. The lowest BCUT2D eigenvalue weighted by Crippen LogP contribution is -2.03. The van der Waals surface area contributed by atoms with Gasteiger partial charge in [0.2, 0.25) is 0 Å². The van der Waals surface area contributed by atoms with Gasteiger partial charge in [-0.1, -0.05) is 12.8 Å². The van der Waals surface area contributed by atoms with Crippen molar-refractivity contribution < 1.29 is 0 Å². The van der Waals surface area contributed by atoms with Crippen molar-refractivity contribution in [2.75, 3.05) is 0 Å². The van der Waals surface area contributed by atoms with Crippen LogP contribution in [0.1, 0.15) is 43.0 Å². The second-order valence-corrected chi connectivity index (χ2v) is 3.87. The highest BCUT2D eigenvalue weighted by Gasteiger charge is 2.19. The predicted octanol–water partition coefficient (Wildman–Crippen LogP) is 2.68. The van der Waals surface area contributed by atoms with Crippen molar-refractivity contribution in [1.82, 2.24) is 4.57 Å². The number of nitrogens with zero attached hydrogens (tertiary/aromatic N) is 1. The Balaban J connectivity index is 2.29. The van der Waals surface area contributed by atoms with E-state index in [4.69, 9.17) is 5.41 Å². The molecular formula is C11H16N2. The first-order valence-corrected chi connectivity index (χ1v) is 4.99. The van der Waals surface area contributed by atoms with Crippen LogP contribution in [0.2, 0.25) is 0 Å². The largest absolute Gasteiger partial charge is 0.347 e. The topological polar surface area (TPSA) is 28.8 Å². The van der Waals surface area contributed by atoms with Gasteiger partial charge in [0.25, 0.3) is 0 Å². The summed E-state index contributed by atoms with van der Waals surface area (Å²) in [6.07, 6.45) is 6.83. The number of aromatic nitrogens is 1. The van der Waals surface area contributed by atoms with Crippen LogP contribution in [0.4, 0.5) is 0 Å². The normalized spacial score (nSPS) is 17.9. The third-order valence-corrected chi connectivity index (χ3v) is 3.12. The van der Waals surface area contributed by atoms with Crippen molar-refractivity contribution in [1.29, 1.82) is 5.41 Å². The Kier molecular flexibility index (Phi) is 2.21. The molecule has 2 heteroatoms. The highest BCUT2D eigenvalue weighted by Crippen LogP contribution is 2.34. The third-order valence-electron chi connectivity index (χ3n) is 3.12. The fourth-order valence-corrected chi connectivity index (χ4v) is 2.32. The van der Waals surface area contributed by atoms with Gasteiger partial charge in [0.15, 0.2) is 0 Å². The molecule has 2 nitrogen and oxygen atoms in total. The summed E-state index contributed by atoms with van der Waals surface area (Å²) in [7, 11) is 2.06. The van der Waals surface area contributed by atoms with E-state index in [9.17, 15) is 0 Å². The lowest BCUT2D eigenvalue weighted by atomic mass is 10.0. The van der Waals surface area contributed by atoms with E-state index in [0.29, 0.717) is 0 Å². The number of hydrogen-bond acceptors (Lipinski definition) is 1. The highest BCUT2D eigenvalue weighted by molar-refractivity contribution is 5.75. The SMILES string of the molecule is Cn1c(C=N)ccc1C1CCCC1. The van der Waals surface area contributed by atoms with Gasteiger partial charge in [-0.25, -0.2) is 0 Å². The van der Waals surface area contributed by atoms with Crippen molar-refractivity contribution in [2.24, 2.45) is 7.05 Å². The molecule has 1 aromatic heterocycles. The van der Waals surface area contributed by atoms with E-state index in [1.165, 1.54) is 37.6 Å². The Hall–Kier alpha value is -1.05. The zero-order valence-corrected chi connectivity index (χ0v) is 8.09. The Bertz CT molecular complexity index is 306. The maximum absolute atomic E-state index is 7.22. The lowest BCUT2D eigenvalue weighted by molar-refractivity contribution is 0.655. The van der Waals surface area contributed by atoms with E-state index in [2.05, 4.69) is 17.7 Å². The van der Waals surface area contributed by atoms with Crippen molar-refractivity contribution >= 4 is 6.21 Å². The smallest absolute Gasteiger partial charge is 0.0585 e. The highest BCUT2D eigenvalue weighted by atomic mass is 15.0. The molecule has 1 N–H and O–H groups in total. The minimum atomic E-state index is 0.749. The fraction of sp³-hybridized carbons (Fsp3) is 0.545. The summed E-state index contributed by atoms with van der Waals surface area (Å²) in [5.74, 6) is 0.749. The molecule has 0 amide bonds. The van der Waals surface area contributed by atoms with Crippen molar-refractivity contribution in [3.05, 3.63) is 23.5 Å². The first-order chi connectivity index (χ1) is 6.33. The molecule has 2 rings (SSSR count). The zero-order valence-electron chi connectivity index (χ0n) is 8.09. The molecule has 0 saturated heterocycles. The Morgan fingerprint density at radius 2 is 2.08 bits per heavy atom. The van der Waals surface area contributed by atoms with Crippen LogP contribution in [0.3, 0.4) is 0 Å². The second kappa shape index (κ2) is 3.36. The third kappa shape index (κ3) is 1.41. The van der Waals surface area contributed by atoms with E-state index in [1.54, 1.807) is 0 Å². The minimum Gasteiger partial charge on any atom is -0.347 e. The predicted molar refractivity (Wildman–Crippen MR) is 54.5 cm³/mol. The average molecular weight is 176 g/mol. The summed E-state index contributed by atoms with van der Waals surface area (Å²) in [5, 5.41) is 7.22. The molecule has 1 heterocycles. The van der Waals surface area contributed by atoms with Gasteiger partial charge >= 0.3 is 0 Å². The van der Waals surface area contributed by atoms with Crippen LogP contribution < -0.4 is 0 Å². The molecule has 0 aliphatic heterocycles. The van der Waals surface area contributed by atoms with E-state index in [0.717, 1.165) is 11.6 Å². The fourth-order valence-electron chi connectivity index (χ4n) is 2.32. The molecule has 1 fully saturated rings. The lowest BCUT2D eigenvalue weighted by Gasteiger charge is -2.11. The molecule has 0 radical (unpaired) electrons. The summed E-state index contributed by atoms with van der Waals surface area (Å²) >= 11 is 0. The standard InChI is InChI=1S/C11H16N2/c1-13-10(8-12)6-7-11(13)9-4-2-3-5-9/h6-9,12H,2-5H2,1H3. The monoisotopic (exact) mass is 176 g/mol. The molecular weight excluding hydrogens is 160 g/mol. The van der Waals surface area contributed by atoms with Crippen molar-refractivity contribution in [2.45, 2.75) is 31.6 Å². The molecule has 13 heavy (non-hydrogen) atoms. The van der Waals surface area contributed by atoms with Crippen molar-refractivity contribution in [3.63, 3.8) is 0 Å². The number of nitrogens with one attached hydrogen (secondary N) is 1. The van der Waals surface area contributed by atoms with E-state index in [1.807, 2.05) is 6.07 Å². The van der Waals surface area contributed by atoms with Crippen LogP contribution in [0.15, 0.2) is 12.1 Å². The van der Waals surface area contributed by atoms with Crippen LogP contribution in [0.25, 0.3) is 0 Å². The van der Waals surface area contributed by atoms with Crippen LogP contribution in [0, 0.1) is 5.41 Å². The van der Waals surface area contributed by atoms with E-state index in [-0.39, 0.29) is 0 Å². The molecule has 70 valence electrons. The van der Waals surface area contributed by atoms with Crippen LogP contribution in [0.5, 0.6) is 0 Å². The maximum Gasteiger partial charge on any atom is 0.0585 e. The van der Waals surface area contributed by atoms with Crippen molar-refractivity contribution in [3.8, 4) is 0 Å². The molecule has 0 atom stereocenters. The van der Waals surface area contributed by atoms with Crippen LogP contribution >= 0.6 is 0 Å². The first-order valence-electron chi connectivity index (χ1n) is 4.99. The van der Waals surface area contributed by atoms with Gasteiger partial charge < -0.3 is 9.98 Å². The first kappa shape index (κ1) is 8.54. The van der Waals surface area contributed by atoms with Crippen LogP contribution in [-0.2, 0) is 7.05 Å². The van der Waals surface area contributed by atoms with Gasteiger partial charge in [0.1, 0.15) is 0 Å². The quantitative estimate of drug-likeness (QED) is 0.671. The van der Waals surface area contributed by atoms with Crippen LogP contribution in [-0.4, -0.2) is 10.8 Å². The maximum atomic E-state index is 7.22. The summed E-state index contributed by atoms with van der Waals surface area (Å²) in [6, 6.07) is 4.22. The summed E-state index contributed by atoms with van der Waals surface area (Å²) in [4.78, 5) is 0. The van der Waals surface area contributed by atoms with E-state index >= 15 is 0 Å². The molecule has 0 bridgehead atoms. The molecule has 1 aliphatic rings. The Morgan fingerprint density at radius 3 is 2.62 bits per heavy atom. The molecule has 0 aromatic carbocycles. The molecule has 1 aliphatic carbocycles. The zero-order chi connectivity index (χ0) is 9.26.